The Morgan fingerprint density at radius 1 is 1.26 bits per heavy atom. The number of methoxy groups -OCH3 is 1. The number of hydrogen-bond donors (Lipinski definition) is 1. The summed E-state index contributed by atoms with van der Waals surface area (Å²) in [5.74, 6) is 0.951. The second kappa shape index (κ2) is 6.29. The van der Waals surface area contributed by atoms with Gasteiger partial charge in [-0.2, -0.15) is 0 Å². The molecule has 0 aliphatic carbocycles. The lowest BCUT2D eigenvalue weighted by atomic mass is 10.00. The molecule has 108 valence electrons. The highest BCUT2D eigenvalue weighted by Crippen LogP contribution is 2.32. The van der Waals surface area contributed by atoms with Gasteiger partial charge >= 0.3 is 0 Å². The summed E-state index contributed by atoms with van der Waals surface area (Å²) in [4.78, 5) is 2.26. The Morgan fingerprint density at radius 2 is 1.89 bits per heavy atom. The first kappa shape index (κ1) is 15.8. The van der Waals surface area contributed by atoms with Crippen LogP contribution in [0.2, 0.25) is 0 Å². The van der Waals surface area contributed by atoms with E-state index in [1.54, 1.807) is 7.11 Å². The molecular formula is C16H28N2O. The summed E-state index contributed by atoms with van der Waals surface area (Å²) < 4.78 is 5.51. The summed E-state index contributed by atoms with van der Waals surface area (Å²) in [6, 6.07) is 4.28. The zero-order valence-corrected chi connectivity index (χ0v) is 13.2. The lowest BCUT2D eigenvalue weighted by molar-refractivity contribution is 0.413. The average molecular weight is 264 g/mol. The lowest BCUT2D eigenvalue weighted by Crippen LogP contribution is -2.33. The van der Waals surface area contributed by atoms with Crippen LogP contribution in [0.1, 0.15) is 37.8 Å². The van der Waals surface area contributed by atoms with E-state index in [9.17, 15) is 0 Å². The molecule has 0 radical (unpaired) electrons. The molecule has 1 aromatic carbocycles. The zero-order chi connectivity index (χ0) is 14.6. The van der Waals surface area contributed by atoms with Crippen molar-refractivity contribution in [3.05, 3.63) is 23.3 Å². The Kier molecular flexibility index (Phi) is 5.24. The van der Waals surface area contributed by atoms with Crippen LogP contribution in [0.5, 0.6) is 5.75 Å². The first-order chi connectivity index (χ1) is 8.74. The molecule has 3 nitrogen and oxygen atoms in total. The van der Waals surface area contributed by atoms with Gasteiger partial charge in [0.2, 0.25) is 0 Å². The van der Waals surface area contributed by atoms with Crippen molar-refractivity contribution in [1.82, 2.24) is 0 Å². The van der Waals surface area contributed by atoms with E-state index in [0.29, 0.717) is 0 Å². The highest BCUT2D eigenvalue weighted by molar-refractivity contribution is 5.64. The second-order valence-corrected chi connectivity index (χ2v) is 6.15. The summed E-state index contributed by atoms with van der Waals surface area (Å²) in [6.07, 6.45) is 2.10. The van der Waals surface area contributed by atoms with Crippen molar-refractivity contribution in [1.29, 1.82) is 0 Å². The molecule has 0 fully saturated rings. The number of benzene rings is 1. The number of nitrogens with two attached hydrogens (primary N) is 1. The van der Waals surface area contributed by atoms with Gasteiger partial charge in [0.25, 0.3) is 0 Å². The van der Waals surface area contributed by atoms with Gasteiger partial charge in [0, 0.05) is 19.1 Å². The maximum atomic E-state index is 6.02. The minimum atomic E-state index is -0.0900. The fourth-order valence-corrected chi connectivity index (χ4v) is 2.45. The van der Waals surface area contributed by atoms with E-state index >= 15 is 0 Å². The number of anilines is 1. The number of ether oxygens (including phenoxy) is 1. The van der Waals surface area contributed by atoms with E-state index in [2.05, 4.69) is 51.8 Å². The van der Waals surface area contributed by atoms with Crippen molar-refractivity contribution in [2.75, 3.05) is 25.6 Å². The highest BCUT2D eigenvalue weighted by atomic mass is 16.5. The largest absolute Gasteiger partial charge is 0.495 e. The number of rotatable bonds is 6. The Labute approximate surface area is 117 Å². The molecule has 0 bridgehead atoms. The van der Waals surface area contributed by atoms with Crippen LogP contribution in [0, 0.1) is 13.8 Å². The molecule has 0 aromatic heterocycles. The van der Waals surface area contributed by atoms with E-state index in [0.717, 1.165) is 25.1 Å². The molecule has 0 heterocycles. The van der Waals surface area contributed by atoms with Crippen LogP contribution in [-0.2, 0) is 0 Å². The average Bonchev–Trinajstić information content (AvgIpc) is 2.25. The highest BCUT2D eigenvalue weighted by Gasteiger charge is 2.14. The Hall–Kier alpha value is -1.22. The van der Waals surface area contributed by atoms with Gasteiger partial charge in [-0.25, -0.2) is 0 Å². The molecule has 0 saturated heterocycles. The molecule has 1 rings (SSSR count). The molecule has 2 N–H and O–H groups in total. The van der Waals surface area contributed by atoms with Gasteiger partial charge in [0.15, 0.2) is 0 Å². The maximum absolute atomic E-state index is 6.02. The van der Waals surface area contributed by atoms with E-state index in [-0.39, 0.29) is 5.54 Å². The standard InChI is InChI=1S/C16H28N2O/c1-12-10-13(2)15(14(11-12)19-6)18(5)9-7-8-16(3,4)17/h10-11H,7-9,17H2,1-6H3. The van der Waals surface area contributed by atoms with Crippen LogP contribution in [0.15, 0.2) is 12.1 Å². The summed E-state index contributed by atoms with van der Waals surface area (Å²) in [5.41, 5.74) is 9.60. The second-order valence-electron chi connectivity index (χ2n) is 6.15. The molecule has 0 unspecified atom stereocenters. The van der Waals surface area contributed by atoms with Crippen molar-refractivity contribution in [3.63, 3.8) is 0 Å². The Balaban J connectivity index is 2.79. The van der Waals surface area contributed by atoms with Crippen molar-refractivity contribution < 1.29 is 4.74 Å². The van der Waals surface area contributed by atoms with Gasteiger partial charge < -0.3 is 15.4 Å². The third-order valence-corrected chi connectivity index (χ3v) is 3.33. The van der Waals surface area contributed by atoms with E-state index < -0.39 is 0 Å². The predicted octanol–water partition coefficient (Wildman–Crippen LogP) is 3.27. The molecular weight excluding hydrogens is 236 g/mol. The fourth-order valence-electron chi connectivity index (χ4n) is 2.45. The van der Waals surface area contributed by atoms with E-state index in [1.165, 1.54) is 16.8 Å². The van der Waals surface area contributed by atoms with Gasteiger partial charge in [0.05, 0.1) is 12.8 Å². The topological polar surface area (TPSA) is 38.5 Å². The van der Waals surface area contributed by atoms with Crippen molar-refractivity contribution >= 4 is 5.69 Å². The number of nitrogens with zero attached hydrogens (tertiary/aromatic N) is 1. The number of aryl methyl sites for hydroxylation is 2. The molecule has 3 heteroatoms. The fraction of sp³-hybridized carbons (Fsp3) is 0.625. The van der Waals surface area contributed by atoms with Crippen LogP contribution in [0.25, 0.3) is 0 Å². The quantitative estimate of drug-likeness (QED) is 0.857. The van der Waals surface area contributed by atoms with Crippen molar-refractivity contribution in [3.8, 4) is 5.75 Å². The third-order valence-electron chi connectivity index (χ3n) is 3.33. The third kappa shape index (κ3) is 4.75. The molecule has 0 spiro atoms. The minimum absolute atomic E-state index is 0.0900. The summed E-state index contributed by atoms with van der Waals surface area (Å²) in [5, 5.41) is 0. The predicted molar refractivity (Wildman–Crippen MR) is 83.2 cm³/mol. The van der Waals surface area contributed by atoms with Gasteiger partial charge in [-0.05, 0) is 57.7 Å². The van der Waals surface area contributed by atoms with Crippen LogP contribution in [0.3, 0.4) is 0 Å². The van der Waals surface area contributed by atoms with E-state index in [1.807, 2.05) is 0 Å². The van der Waals surface area contributed by atoms with Gasteiger partial charge in [-0.15, -0.1) is 0 Å². The number of hydrogen-bond acceptors (Lipinski definition) is 3. The van der Waals surface area contributed by atoms with E-state index in [4.69, 9.17) is 10.5 Å². The van der Waals surface area contributed by atoms with Crippen LogP contribution in [0.4, 0.5) is 5.69 Å². The molecule has 0 aliphatic rings. The van der Waals surface area contributed by atoms with Crippen molar-refractivity contribution in [2.45, 2.75) is 46.1 Å². The molecule has 0 aliphatic heterocycles. The monoisotopic (exact) mass is 264 g/mol. The van der Waals surface area contributed by atoms with Gasteiger partial charge in [0.1, 0.15) is 5.75 Å². The zero-order valence-electron chi connectivity index (χ0n) is 13.2. The summed E-state index contributed by atoms with van der Waals surface area (Å²) in [6.45, 7) is 9.36. The minimum Gasteiger partial charge on any atom is -0.495 e. The van der Waals surface area contributed by atoms with Gasteiger partial charge in [-0.1, -0.05) is 6.07 Å². The molecule has 1 aromatic rings. The van der Waals surface area contributed by atoms with Crippen LogP contribution in [-0.4, -0.2) is 26.2 Å². The smallest absolute Gasteiger partial charge is 0.142 e. The summed E-state index contributed by atoms with van der Waals surface area (Å²) >= 11 is 0. The first-order valence-corrected chi connectivity index (χ1v) is 6.90. The summed E-state index contributed by atoms with van der Waals surface area (Å²) in [7, 11) is 3.85. The lowest BCUT2D eigenvalue weighted by Gasteiger charge is -2.26. The molecule has 19 heavy (non-hydrogen) atoms. The normalized spacial score (nSPS) is 11.5. The van der Waals surface area contributed by atoms with Crippen LogP contribution < -0.4 is 15.4 Å². The molecule has 0 amide bonds. The SMILES string of the molecule is COc1cc(C)cc(C)c1N(C)CCCC(C)(C)N. The Bertz CT molecular complexity index is 421. The molecule has 0 atom stereocenters. The maximum Gasteiger partial charge on any atom is 0.142 e. The van der Waals surface area contributed by atoms with Gasteiger partial charge in [-0.3, -0.25) is 0 Å². The molecule has 0 saturated carbocycles. The Morgan fingerprint density at radius 3 is 2.42 bits per heavy atom. The first-order valence-electron chi connectivity index (χ1n) is 6.90. The van der Waals surface area contributed by atoms with Crippen molar-refractivity contribution in [2.24, 2.45) is 5.73 Å². The van der Waals surface area contributed by atoms with Crippen LogP contribution >= 0.6 is 0 Å².